The predicted molar refractivity (Wildman–Crippen MR) is 76.4 cm³/mol. The van der Waals surface area contributed by atoms with Crippen LogP contribution >= 0.6 is 0 Å². The number of carbonyl (C=O) groups excluding carboxylic acids is 2. The van der Waals surface area contributed by atoms with Crippen molar-refractivity contribution in [3.8, 4) is 0 Å². The lowest BCUT2D eigenvalue weighted by atomic mass is 10.0. The highest BCUT2D eigenvalue weighted by atomic mass is 16.6. The fourth-order valence-electron chi connectivity index (χ4n) is 1.49. The van der Waals surface area contributed by atoms with E-state index < -0.39 is 29.4 Å². The molecular weight excluding hydrogens is 308 g/mol. The van der Waals surface area contributed by atoms with Crippen LogP contribution in [0.2, 0.25) is 0 Å². The molecule has 0 unspecified atom stereocenters. The van der Waals surface area contributed by atoms with Crippen molar-refractivity contribution in [1.29, 1.82) is 2.86 Å². The van der Waals surface area contributed by atoms with E-state index in [0.29, 0.717) is 0 Å². The van der Waals surface area contributed by atoms with E-state index >= 15 is 0 Å². The van der Waals surface area contributed by atoms with E-state index in [9.17, 15) is 19.2 Å². The number of carbonyl (C=O) groups is 4. The van der Waals surface area contributed by atoms with Crippen molar-refractivity contribution in [2.75, 3.05) is 13.2 Å². The monoisotopic (exact) mass is 324 g/mol. The fraction of sp³-hybridized carbons (Fsp3) is 0.200. The standard InChI is InChI=1S/C15H14O8/c1-8(2)14(20)22-5-6-23-15(21)9-3-4-10(12(16)17)11(7-9)13(18)19/h3-4,7H,1,5-6H2,2H3,(H,16,17)(H,18,19)/i/hD2. The third-order valence-electron chi connectivity index (χ3n) is 2.59. The van der Waals surface area contributed by atoms with Crippen LogP contribution in [0.25, 0.3) is 2.86 Å². The third kappa shape index (κ3) is 4.95. The van der Waals surface area contributed by atoms with E-state index in [2.05, 4.69) is 16.8 Å². The molecule has 0 heterocycles. The SMILES string of the molecule is [2H]OC(=O)c1ccc(C(=O)OCCOC(=O)C(=C)C)cc1C(=O)O[2H]. The molecule has 0 spiro atoms. The Bertz CT molecular complexity index is 713. The number of benzene rings is 1. The average Bonchev–Trinajstić information content (AvgIpc) is 2.62. The lowest BCUT2D eigenvalue weighted by Crippen LogP contribution is -2.15. The first-order valence-electron chi connectivity index (χ1n) is 7.12. The Morgan fingerprint density at radius 1 is 1.09 bits per heavy atom. The lowest BCUT2D eigenvalue weighted by molar-refractivity contribution is -0.140. The molecule has 0 saturated heterocycles. The fourth-order valence-corrected chi connectivity index (χ4v) is 1.49. The Hall–Kier alpha value is -3.16. The number of ether oxygens (including phenoxy) is 2. The largest absolute Gasteiger partial charge is 0.478 e. The van der Waals surface area contributed by atoms with Crippen LogP contribution in [0.4, 0.5) is 0 Å². The number of hydrogen-bond acceptors (Lipinski definition) is 8. The number of aromatic carboxylic acids is 2. The zero-order valence-electron chi connectivity index (χ0n) is 14.1. The highest BCUT2D eigenvalue weighted by Gasteiger charge is 2.19. The smallest absolute Gasteiger partial charge is 0.338 e. The maximum absolute atomic E-state index is 11.9. The molecule has 0 bridgehead atoms. The summed E-state index contributed by atoms with van der Waals surface area (Å²) < 4.78 is 22.8. The van der Waals surface area contributed by atoms with Gasteiger partial charge < -0.3 is 19.7 Å². The molecule has 122 valence electrons. The van der Waals surface area contributed by atoms with Gasteiger partial charge in [0.2, 0.25) is 0 Å². The number of hydrogen-bond donors (Lipinski definition) is 2. The highest BCUT2D eigenvalue weighted by Crippen LogP contribution is 2.13. The maximum atomic E-state index is 11.9. The van der Waals surface area contributed by atoms with E-state index in [-0.39, 0.29) is 29.9 Å². The van der Waals surface area contributed by atoms with Crippen LogP contribution in [0.1, 0.15) is 38.0 Å². The minimum absolute atomic E-state index is 0.117. The summed E-state index contributed by atoms with van der Waals surface area (Å²) in [6.45, 7) is 4.42. The van der Waals surface area contributed by atoms with Crippen LogP contribution in [-0.2, 0) is 14.3 Å². The molecule has 1 aromatic carbocycles. The Kier molecular flexibility index (Phi) is 4.97. The second kappa shape index (κ2) is 7.74. The van der Waals surface area contributed by atoms with Crippen LogP contribution in [-0.4, -0.2) is 47.3 Å². The normalized spacial score (nSPS) is 10.7. The van der Waals surface area contributed by atoms with Gasteiger partial charge in [0.25, 0.3) is 2.86 Å². The topological polar surface area (TPSA) is 127 Å². The van der Waals surface area contributed by atoms with Gasteiger partial charge in [-0.3, -0.25) is 0 Å². The van der Waals surface area contributed by atoms with E-state index in [1.807, 2.05) is 0 Å². The van der Waals surface area contributed by atoms with Gasteiger partial charge in [0.1, 0.15) is 13.2 Å². The van der Waals surface area contributed by atoms with E-state index in [1.165, 1.54) is 6.92 Å². The Labute approximate surface area is 133 Å². The summed E-state index contributed by atoms with van der Waals surface area (Å²) in [5.41, 5.74) is -0.704. The van der Waals surface area contributed by atoms with Crippen molar-refractivity contribution in [3.63, 3.8) is 0 Å². The number of esters is 2. The minimum Gasteiger partial charge on any atom is -0.478 e. The highest BCUT2D eigenvalue weighted by molar-refractivity contribution is 6.03. The molecule has 0 aliphatic carbocycles. The maximum Gasteiger partial charge on any atom is 0.338 e. The van der Waals surface area contributed by atoms with Crippen LogP contribution in [0, 0.1) is 0 Å². The molecule has 0 aromatic heterocycles. The van der Waals surface area contributed by atoms with Gasteiger partial charge in [-0.25, -0.2) is 19.2 Å². The molecule has 0 saturated carbocycles. The summed E-state index contributed by atoms with van der Waals surface area (Å²) in [6.07, 6.45) is 0. The Morgan fingerprint density at radius 3 is 2.30 bits per heavy atom. The molecular formula is C15H14O8. The van der Waals surface area contributed by atoms with Crippen molar-refractivity contribution in [2.45, 2.75) is 6.92 Å². The second-order valence-electron chi connectivity index (χ2n) is 4.39. The van der Waals surface area contributed by atoms with E-state index in [1.54, 1.807) is 0 Å². The van der Waals surface area contributed by atoms with Crippen LogP contribution in [0.3, 0.4) is 0 Å². The van der Waals surface area contributed by atoms with Crippen molar-refractivity contribution in [1.82, 2.24) is 0 Å². The first-order chi connectivity index (χ1) is 11.8. The van der Waals surface area contributed by atoms with Gasteiger partial charge in [0.15, 0.2) is 0 Å². The van der Waals surface area contributed by atoms with Crippen LogP contribution in [0.15, 0.2) is 30.4 Å². The summed E-state index contributed by atoms with van der Waals surface area (Å²) in [5, 5.41) is 7.54. The second-order valence-corrected chi connectivity index (χ2v) is 4.39. The predicted octanol–water partition coefficient (Wildman–Crippen LogP) is 1.36. The zero-order chi connectivity index (χ0) is 19.0. The lowest BCUT2D eigenvalue weighted by Gasteiger charge is -2.08. The molecule has 0 amide bonds. The third-order valence-corrected chi connectivity index (χ3v) is 2.59. The van der Waals surface area contributed by atoms with Crippen LogP contribution in [0.5, 0.6) is 0 Å². The molecule has 23 heavy (non-hydrogen) atoms. The van der Waals surface area contributed by atoms with Gasteiger partial charge in [0.05, 0.1) is 16.7 Å². The van der Waals surface area contributed by atoms with Crippen LogP contribution < -0.4 is 0 Å². The molecule has 1 rings (SSSR count). The summed E-state index contributed by atoms with van der Waals surface area (Å²) in [5.74, 6) is -3.87. The molecule has 0 radical (unpaired) electrons. The average molecular weight is 324 g/mol. The first kappa shape index (κ1) is 14.8. The van der Waals surface area contributed by atoms with Gasteiger partial charge in [0, 0.05) is 5.57 Å². The van der Waals surface area contributed by atoms with Crippen molar-refractivity contribution in [3.05, 3.63) is 47.0 Å². The van der Waals surface area contributed by atoms with Gasteiger partial charge in [-0.2, -0.15) is 0 Å². The summed E-state index contributed by atoms with van der Waals surface area (Å²) in [7, 11) is 0. The molecule has 0 aliphatic rings. The molecule has 0 fully saturated rings. The molecule has 8 nitrogen and oxygen atoms in total. The van der Waals surface area contributed by atoms with Crippen molar-refractivity contribution >= 4 is 23.9 Å². The molecule has 2 N–H and O–H groups in total. The molecule has 0 atom stereocenters. The number of carboxylic acids is 2. The number of carboxylic acid groups (broad SMARTS) is 2. The Morgan fingerprint density at radius 2 is 1.70 bits per heavy atom. The van der Waals surface area contributed by atoms with Crippen molar-refractivity contribution < 1.29 is 38.9 Å². The van der Waals surface area contributed by atoms with Gasteiger partial charge in [-0.15, -0.1) is 0 Å². The first-order valence-corrected chi connectivity index (χ1v) is 6.30. The zero-order valence-corrected chi connectivity index (χ0v) is 12.1. The van der Waals surface area contributed by atoms with Gasteiger partial charge in [-0.05, 0) is 25.1 Å². The van der Waals surface area contributed by atoms with Gasteiger partial charge >= 0.3 is 23.9 Å². The summed E-state index contributed by atoms with van der Waals surface area (Å²) in [6, 6.07) is 3.18. The minimum atomic E-state index is -1.22. The van der Waals surface area contributed by atoms with Gasteiger partial charge in [-0.1, -0.05) is 6.58 Å². The Balaban J connectivity index is 2.82. The van der Waals surface area contributed by atoms with E-state index in [0.717, 1.165) is 18.2 Å². The summed E-state index contributed by atoms with van der Waals surface area (Å²) in [4.78, 5) is 46.0. The molecule has 0 aliphatic heterocycles. The summed E-state index contributed by atoms with van der Waals surface area (Å²) >= 11 is 0. The van der Waals surface area contributed by atoms with E-state index in [4.69, 9.17) is 12.3 Å². The quantitative estimate of drug-likeness (QED) is 0.437. The van der Waals surface area contributed by atoms with Crippen molar-refractivity contribution in [2.24, 2.45) is 0 Å². The molecule has 8 heteroatoms. The number of rotatable bonds is 7. The molecule has 1 aromatic rings.